The van der Waals surface area contributed by atoms with Gasteiger partial charge in [-0.2, -0.15) is 0 Å². The predicted octanol–water partition coefficient (Wildman–Crippen LogP) is 3.02. The number of aromatic nitrogens is 1. The zero-order valence-corrected chi connectivity index (χ0v) is 12.1. The molecule has 1 unspecified atom stereocenters. The van der Waals surface area contributed by atoms with Gasteiger partial charge >= 0.3 is 0 Å². The first-order chi connectivity index (χ1) is 9.25. The molecule has 1 aromatic carbocycles. The molecule has 3 N–H and O–H groups in total. The fourth-order valence-corrected chi connectivity index (χ4v) is 2.73. The molecule has 2 aromatic rings. The summed E-state index contributed by atoms with van der Waals surface area (Å²) >= 11 is 1.71. The van der Waals surface area contributed by atoms with Crippen LogP contribution in [0.4, 0.5) is 0 Å². The first kappa shape index (κ1) is 14.2. The molecule has 0 saturated carbocycles. The highest BCUT2D eigenvalue weighted by molar-refractivity contribution is 7.09. The van der Waals surface area contributed by atoms with Gasteiger partial charge in [-0.1, -0.05) is 30.3 Å². The van der Waals surface area contributed by atoms with E-state index in [0.29, 0.717) is 0 Å². The third kappa shape index (κ3) is 4.74. The van der Waals surface area contributed by atoms with Crippen molar-refractivity contribution in [1.29, 1.82) is 0 Å². The first-order valence-electron chi connectivity index (χ1n) is 6.68. The fraction of sp³-hybridized carbons (Fsp3) is 0.400. The van der Waals surface area contributed by atoms with Crippen LogP contribution in [0.2, 0.25) is 0 Å². The van der Waals surface area contributed by atoms with Gasteiger partial charge in [-0.25, -0.2) is 4.98 Å². The summed E-state index contributed by atoms with van der Waals surface area (Å²) in [6.45, 7) is 3.87. The minimum Gasteiger partial charge on any atom is -0.324 e. The van der Waals surface area contributed by atoms with E-state index in [2.05, 4.69) is 27.8 Å². The first-order valence-corrected chi connectivity index (χ1v) is 7.56. The van der Waals surface area contributed by atoms with Crippen LogP contribution >= 0.6 is 11.3 Å². The Hall–Kier alpha value is -1.23. The summed E-state index contributed by atoms with van der Waals surface area (Å²) in [6, 6.07) is 10.4. The van der Waals surface area contributed by atoms with E-state index in [-0.39, 0.29) is 6.04 Å². The van der Waals surface area contributed by atoms with E-state index in [1.165, 1.54) is 5.56 Å². The molecule has 1 atom stereocenters. The van der Waals surface area contributed by atoms with Gasteiger partial charge < -0.3 is 11.1 Å². The summed E-state index contributed by atoms with van der Waals surface area (Å²) in [4.78, 5) is 4.42. The highest BCUT2D eigenvalue weighted by Gasteiger charge is 2.04. The summed E-state index contributed by atoms with van der Waals surface area (Å²) < 4.78 is 0. The molecule has 19 heavy (non-hydrogen) atoms. The molecule has 0 aliphatic heterocycles. The van der Waals surface area contributed by atoms with Gasteiger partial charge in [-0.15, -0.1) is 11.3 Å². The molecule has 1 aromatic heterocycles. The molecule has 0 fully saturated rings. The lowest BCUT2D eigenvalue weighted by Gasteiger charge is -2.11. The standard InChI is InChI=1S/C15H21N3S/c1-12-11-19-15(18-12)10-17-9-5-8-14(16)13-6-3-2-4-7-13/h2-4,6-7,11,14,17H,5,8-10,16H2,1H3. The van der Waals surface area contributed by atoms with E-state index in [9.17, 15) is 0 Å². The molecule has 102 valence electrons. The maximum atomic E-state index is 6.15. The van der Waals surface area contributed by atoms with Crippen LogP contribution in [0.5, 0.6) is 0 Å². The molecule has 0 radical (unpaired) electrons. The Morgan fingerprint density at radius 1 is 1.32 bits per heavy atom. The van der Waals surface area contributed by atoms with E-state index in [0.717, 1.165) is 36.6 Å². The van der Waals surface area contributed by atoms with Crippen LogP contribution in [0.1, 0.15) is 35.1 Å². The third-order valence-electron chi connectivity index (χ3n) is 3.04. The summed E-state index contributed by atoms with van der Waals surface area (Å²) in [5.74, 6) is 0. The summed E-state index contributed by atoms with van der Waals surface area (Å²) in [5, 5.41) is 6.66. The highest BCUT2D eigenvalue weighted by atomic mass is 32.1. The van der Waals surface area contributed by atoms with Crippen LogP contribution in [0, 0.1) is 6.92 Å². The number of hydrogen-bond donors (Lipinski definition) is 2. The van der Waals surface area contributed by atoms with Gasteiger partial charge in [0.05, 0.1) is 0 Å². The van der Waals surface area contributed by atoms with Gasteiger partial charge in [0, 0.05) is 23.7 Å². The minimum absolute atomic E-state index is 0.144. The lowest BCUT2D eigenvalue weighted by Crippen LogP contribution is -2.17. The van der Waals surface area contributed by atoms with Crippen molar-refractivity contribution in [3.05, 3.63) is 52.0 Å². The number of thiazole rings is 1. The SMILES string of the molecule is Cc1csc(CNCCCC(N)c2ccccc2)n1. The van der Waals surface area contributed by atoms with Crippen molar-refractivity contribution in [3.63, 3.8) is 0 Å². The number of nitrogens with one attached hydrogen (secondary N) is 1. The Bertz CT molecular complexity index is 481. The average molecular weight is 275 g/mol. The van der Waals surface area contributed by atoms with Gasteiger partial charge in [-0.3, -0.25) is 0 Å². The molecular weight excluding hydrogens is 254 g/mol. The van der Waals surface area contributed by atoms with Crippen LogP contribution < -0.4 is 11.1 Å². The molecule has 0 aliphatic carbocycles. The lowest BCUT2D eigenvalue weighted by molar-refractivity contribution is 0.565. The Labute approximate surface area is 118 Å². The van der Waals surface area contributed by atoms with Crippen molar-refractivity contribution in [3.8, 4) is 0 Å². The molecular formula is C15H21N3S. The van der Waals surface area contributed by atoms with E-state index < -0.39 is 0 Å². The fourth-order valence-electron chi connectivity index (χ4n) is 1.99. The Morgan fingerprint density at radius 2 is 2.11 bits per heavy atom. The Morgan fingerprint density at radius 3 is 2.79 bits per heavy atom. The maximum absolute atomic E-state index is 6.15. The number of benzene rings is 1. The van der Waals surface area contributed by atoms with Gasteiger partial charge in [0.2, 0.25) is 0 Å². The predicted molar refractivity (Wildman–Crippen MR) is 81.2 cm³/mol. The van der Waals surface area contributed by atoms with E-state index in [1.807, 2.05) is 25.1 Å². The van der Waals surface area contributed by atoms with Crippen LogP contribution in [-0.2, 0) is 6.54 Å². The van der Waals surface area contributed by atoms with Crippen molar-refractivity contribution in [2.24, 2.45) is 5.73 Å². The van der Waals surface area contributed by atoms with E-state index in [4.69, 9.17) is 5.73 Å². The Kier molecular flexibility index (Phi) is 5.51. The van der Waals surface area contributed by atoms with Gasteiger partial charge in [0.25, 0.3) is 0 Å². The average Bonchev–Trinajstić information content (AvgIpc) is 2.85. The van der Waals surface area contributed by atoms with Gasteiger partial charge in [0.15, 0.2) is 0 Å². The second kappa shape index (κ2) is 7.38. The maximum Gasteiger partial charge on any atom is 0.107 e. The van der Waals surface area contributed by atoms with Crippen molar-refractivity contribution in [2.45, 2.75) is 32.4 Å². The van der Waals surface area contributed by atoms with Crippen molar-refractivity contribution in [1.82, 2.24) is 10.3 Å². The number of hydrogen-bond acceptors (Lipinski definition) is 4. The molecule has 0 saturated heterocycles. The quantitative estimate of drug-likeness (QED) is 0.764. The smallest absolute Gasteiger partial charge is 0.107 e. The van der Waals surface area contributed by atoms with Crippen molar-refractivity contribution < 1.29 is 0 Å². The number of nitrogens with zero attached hydrogens (tertiary/aromatic N) is 1. The van der Waals surface area contributed by atoms with Crippen molar-refractivity contribution >= 4 is 11.3 Å². The van der Waals surface area contributed by atoms with Crippen LogP contribution in [-0.4, -0.2) is 11.5 Å². The zero-order valence-electron chi connectivity index (χ0n) is 11.3. The third-order valence-corrected chi connectivity index (χ3v) is 4.01. The largest absolute Gasteiger partial charge is 0.324 e. The topological polar surface area (TPSA) is 50.9 Å². The summed E-state index contributed by atoms with van der Waals surface area (Å²) in [7, 11) is 0. The monoisotopic (exact) mass is 275 g/mol. The number of aryl methyl sites for hydroxylation is 1. The van der Waals surface area contributed by atoms with Crippen LogP contribution in [0.25, 0.3) is 0 Å². The lowest BCUT2D eigenvalue weighted by atomic mass is 10.0. The second-order valence-corrected chi connectivity index (χ2v) is 5.66. The zero-order chi connectivity index (χ0) is 13.5. The van der Waals surface area contributed by atoms with Crippen LogP contribution in [0.3, 0.4) is 0 Å². The number of nitrogens with two attached hydrogens (primary N) is 1. The van der Waals surface area contributed by atoms with Gasteiger partial charge in [0.1, 0.15) is 5.01 Å². The van der Waals surface area contributed by atoms with Crippen molar-refractivity contribution in [2.75, 3.05) is 6.54 Å². The molecule has 0 bridgehead atoms. The summed E-state index contributed by atoms with van der Waals surface area (Å²) in [5.41, 5.74) is 8.48. The van der Waals surface area contributed by atoms with E-state index in [1.54, 1.807) is 11.3 Å². The molecule has 0 spiro atoms. The molecule has 0 amide bonds. The van der Waals surface area contributed by atoms with E-state index >= 15 is 0 Å². The molecule has 4 heteroatoms. The molecule has 1 heterocycles. The normalized spacial score (nSPS) is 12.5. The number of rotatable bonds is 7. The minimum atomic E-state index is 0.144. The second-order valence-electron chi connectivity index (χ2n) is 4.72. The molecule has 3 nitrogen and oxygen atoms in total. The van der Waals surface area contributed by atoms with Crippen LogP contribution in [0.15, 0.2) is 35.7 Å². The Balaban J connectivity index is 1.62. The molecule has 0 aliphatic rings. The summed E-state index contributed by atoms with van der Waals surface area (Å²) in [6.07, 6.45) is 2.09. The van der Waals surface area contributed by atoms with Gasteiger partial charge in [-0.05, 0) is 31.9 Å². The highest BCUT2D eigenvalue weighted by Crippen LogP contribution is 2.14. The molecule has 2 rings (SSSR count).